The Balaban J connectivity index is 1.93. The summed E-state index contributed by atoms with van der Waals surface area (Å²) in [6.45, 7) is 2.05. The molecule has 0 saturated heterocycles. The minimum absolute atomic E-state index is 0.349. The second kappa shape index (κ2) is 6.75. The summed E-state index contributed by atoms with van der Waals surface area (Å²) in [4.78, 5) is 5.27. The molecular formula is C20H13Cl2NOS. The lowest BCUT2D eigenvalue weighted by atomic mass is 10.1. The summed E-state index contributed by atoms with van der Waals surface area (Å²) >= 11 is 14.1. The van der Waals surface area contributed by atoms with Crippen LogP contribution in [0.4, 0.5) is 0 Å². The van der Waals surface area contributed by atoms with Gasteiger partial charge in [-0.1, -0.05) is 83.0 Å². The molecule has 0 spiro atoms. The van der Waals surface area contributed by atoms with Crippen LogP contribution in [0.5, 0.6) is 0 Å². The van der Waals surface area contributed by atoms with Gasteiger partial charge in [-0.15, -0.1) is 0 Å². The molecule has 2 nitrogen and oxygen atoms in total. The molecular weight excluding hydrogens is 373 g/mol. The molecule has 2 aromatic heterocycles. The highest BCUT2D eigenvalue weighted by atomic mass is 35.5. The van der Waals surface area contributed by atoms with Gasteiger partial charge in [-0.05, 0) is 25.1 Å². The minimum atomic E-state index is 0.349. The van der Waals surface area contributed by atoms with Crippen LogP contribution in [0.15, 0.2) is 75.1 Å². The monoisotopic (exact) mass is 385 g/mol. The molecule has 2 aromatic carbocycles. The van der Waals surface area contributed by atoms with E-state index in [0.717, 1.165) is 26.3 Å². The normalized spacial score (nSPS) is 11.2. The van der Waals surface area contributed by atoms with Crippen LogP contribution in [0.3, 0.4) is 0 Å². The van der Waals surface area contributed by atoms with Gasteiger partial charge in [0.15, 0.2) is 5.09 Å². The van der Waals surface area contributed by atoms with Gasteiger partial charge >= 0.3 is 0 Å². The van der Waals surface area contributed by atoms with Gasteiger partial charge in [0.1, 0.15) is 16.1 Å². The Hall–Kier alpha value is -1.94. The number of pyridine rings is 1. The first-order valence-electron chi connectivity index (χ1n) is 7.70. The Morgan fingerprint density at radius 3 is 2.40 bits per heavy atom. The fourth-order valence-electron chi connectivity index (χ4n) is 2.64. The maximum Gasteiger partial charge on any atom is 0.173 e. The van der Waals surface area contributed by atoms with E-state index in [9.17, 15) is 0 Å². The zero-order valence-corrected chi connectivity index (χ0v) is 15.6. The Labute approximate surface area is 159 Å². The smallest absolute Gasteiger partial charge is 0.173 e. The molecule has 0 unspecified atom stereocenters. The third-order valence-electron chi connectivity index (χ3n) is 3.85. The molecule has 0 bridgehead atoms. The zero-order valence-electron chi connectivity index (χ0n) is 13.3. The van der Waals surface area contributed by atoms with Gasteiger partial charge in [0.25, 0.3) is 0 Å². The van der Waals surface area contributed by atoms with Crippen molar-refractivity contribution in [3.63, 3.8) is 0 Å². The molecule has 0 fully saturated rings. The summed E-state index contributed by atoms with van der Waals surface area (Å²) in [7, 11) is 0. The van der Waals surface area contributed by atoms with Crippen LogP contribution in [0.1, 0.15) is 5.56 Å². The van der Waals surface area contributed by atoms with Gasteiger partial charge in [0.2, 0.25) is 0 Å². The number of aryl methyl sites for hydroxylation is 1. The first-order chi connectivity index (χ1) is 12.1. The van der Waals surface area contributed by atoms with Crippen molar-refractivity contribution >= 4 is 45.7 Å². The molecule has 0 saturated carbocycles. The first-order valence-corrected chi connectivity index (χ1v) is 9.27. The van der Waals surface area contributed by atoms with E-state index in [1.165, 1.54) is 5.56 Å². The number of furan rings is 1. The van der Waals surface area contributed by atoms with Gasteiger partial charge < -0.3 is 4.42 Å². The highest BCUT2D eigenvalue weighted by Crippen LogP contribution is 2.44. The third-order valence-corrected chi connectivity index (χ3v) is 5.32. The predicted octanol–water partition coefficient (Wildman–Crippen LogP) is 7.26. The van der Waals surface area contributed by atoms with Crippen LogP contribution in [-0.2, 0) is 0 Å². The van der Waals surface area contributed by atoms with E-state index < -0.39 is 0 Å². The average Bonchev–Trinajstić information content (AvgIpc) is 2.95. The molecule has 0 N–H and O–H groups in total. The highest BCUT2D eigenvalue weighted by Gasteiger charge is 2.20. The summed E-state index contributed by atoms with van der Waals surface area (Å²) in [6, 6.07) is 20.0. The molecule has 0 aliphatic carbocycles. The number of fused-ring (bicyclic) bond motifs is 1. The summed E-state index contributed by atoms with van der Waals surface area (Å²) in [5.74, 6) is 0.711. The van der Waals surface area contributed by atoms with Gasteiger partial charge in [-0.2, -0.15) is 0 Å². The largest absolute Gasteiger partial charge is 0.448 e. The molecule has 0 radical (unpaired) electrons. The molecule has 2 heterocycles. The van der Waals surface area contributed by atoms with Gasteiger partial charge in [-0.3, -0.25) is 0 Å². The summed E-state index contributed by atoms with van der Waals surface area (Å²) in [5, 5.41) is 3.11. The van der Waals surface area contributed by atoms with Gasteiger partial charge in [0.05, 0.1) is 5.39 Å². The quantitative estimate of drug-likeness (QED) is 0.347. The molecule has 0 aliphatic rings. The van der Waals surface area contributed by atoms with E-state index in [2.05, 4.69) is 11.9 Å². The number of hydrogen-bond acceptors (Lipinski definition) is 3. The van der Waals surface area contributed by atoms with E-state index in [1.54, 1.807) is 17.8 Å². The van der Waals surface area contributed by atoms with Crippen molar-refractivity contribution in [2.45, 2.75) is 16.9 Å². The van der Waals surface area contributed by atoms with E-state index in [1.807, 2.05) is 54.6 Å². The van der Waals surface area contributed by atoms with Crippen molar-refractivity contribution < 1.29 is 4.42 Å². The Morgan fingerprint density at radius 1 is 0.960 bits per heavy atom. The van der Waals surface area contributed by atoms with Gasteiger partial charge in [0, 0.05) is 15.8 Å². The highest BCUT2D eigenvalue weighted by molar-refractivity contribution is 7.99. The number of hydrogen-bond donors (Lipinski definition) is 0. The predicted molar refractivity (Wildman–Crippen MR) is 105 cm³/mol. The standard InChI is InChI=1S/C20H13Cl2NOS/c1-12-7-9-13(10-8-12)18-17-15(11-16(21)23-19(17)22)20(24-18)25-14-5-3-2-4-6-14/h2-11H,1H3. The molecule has 0 aliphatic heterocycles. The summed E-state index contributed by atoms with van der Waals surface area (Å²) in [5.41, 5.74) is 2.15. The zero-order chi connectivity index (χ0) is 17.4. The van der Waals surface area contributed by atoms with Crippen molar-refractivity contribution in [2.24, 2.45) is 0 Å². The van der Waals surface area contributed by atoms with Crippen molar-refractivity contribution in [2.75, 3.05) is 0 Å². The molecule has 0 atom stereocenters. The lowest BCUT2D eigenvalue weighted by Gasteiger charge is -2.00. The van der Waals surface area contributed by atoms with E-state index in [4.69, 9.17) is 27.6 Å². The number of rotatable bonds is 3. The van der Waals surface area contributed by atoms with E-state index in [-0.39, 0.29) is 0 Å². The maximum atomic E-state index is 6.40. The van der Waals surface area contributed by atoms with Crippen LogP contribution in [0, 0.1) is 6.92 Å². The van der Waals surface area contributed by atoms with Crippen LogP contribution in [-0.4, -0.2) is 4.98 Å². The fraction of sp³-hybridized carbons (Fsp3) is 0.0500. The second-order valence-electron chi connectivity index (χ2n) is 5.66. The number of nitrogens with zero attached hydrogens (tertiary/aromatic N) is 1. The second-order valence-corrected chi connectivity index (χ2v) is 7.45. The molecule has 124 valence electrons. The lowest BCUT2D eigenvalue weighted by molar-refractivity contribution is 0.495. The summed E-state index contributed by atoms with van der Waals surface area (Å²) in [6.07, 6.45) is 0. The van der Waals surface area contributed by atoms with Crippen molar-refractivity contribution in [3.8, 4) is 11.3 Å². The topological polar surface area (TPSA) is 26.0 Å². The van der Waals surface area contributed by atoms with E-state index in [0.29, 0.717) is 16.1 Å². The Kier molecular flexibility index (Phi) is 4.46. The molecule has 5 heteroatoms. The molecule has 25 heavy (non-hydrogen) atoms. The first kappa shape index (κ1) is 16.5. The number of benzene rings is 2. The third kappa shape index (κ3) is 3.28. The van der Waals surface area contributed by atoms with Crippen LogP contribution < -0.4 is 0 Å². The SMILES string of the molecule is Cc1ccc(-c2oc(Sc3ccccc3)c3cc(Cl)nc(Cl)c23)cc1. The maximum absolute atomic E-state index is 6.40. The molecule has 0 amide bonds. The lowest BCUT2D eigenvalue weighted by Crippen LogP contribution is -1.81. The average molecular weight is 386 g/mol. The number of aromatic nitrogens is 1. The fourth-order valence-corrected chi connectivity index (χ4v) is 4.06. The van der Waals surface area contributed by atoms with Crippen molar-refractivity contribution in [3.05, 3.63) is 76.5 Å². The summed E-state index contributed by atoms with van der Waals surface area (Å²) < 4.78 is 6.21. The molecule has 4 aromatic rings. The number of halogens is 2. The van der Waals surface area contributed by atoms with Crippen molar-refractivity contribution in [1.29, 1.82) is 0 Å². The Bertz CT molecular complexity index is 1040. The molecule has 4 rings (SSSR count). The van der Waals surface area contributed by atoms with Crippen molar-refractivity contribution in [1.82, 2.24) is 4.98 Å². The van der Waals surface area contributed by atoms with Crippen LogP contribution in [0.25, 0.3) is 22.1 Å². The van der Waals surface area contributed by atoms with Crippen LogP contribution in [0.2, 0.25) is 10.3 Å². The van der Waals surface area contributed by atoms with Gasteiger partial charge in [-0.25, -0.2) is 4.98 Å². The minimum Gasteiger partial charge on any atom is -0.448 e. The van der Waals surface area contributed by atoms with Crippen LogP contribution >= 0.6 is 35.0 Å². The van der Waals surface area contributed by atoms with E-state index >= 15 is 0 Å². The Morgan fingerprint density at radius 2 is 1.68 bits per heavy atom.